The molecule has 0 saturated heterocycles. The van der Waals surface area contributed by atoms with Gasteiger partial charge >= 0.3 is 0 Å². The number of thiophene rings is 1. The number of nitrogens with one attached hydrogen (secondary N) is 2. The predicted octanol–water partition coefficient (Wildman–Crippen LogP) is 0.754. The van der Waals surface area contributed by atoms with E-state index in [1.54, 1.807) is 38.3 Å². The van der Waals surface area contributed by atoms with Gasteiger partial charge in [0.2, 0.25) is 5.91 Å². The smallest absolute Gasteiger partial charge is 0.261 e. The molecule has 3 N–H and O–H groups in total. The van der Waals surface area contributed by atoms with Crippen molar-refractivity contribution in [2.24, 2.45) is 0 Å². The monoisotopic (exact) mass is 270 g/mol. The van der Waals surface area contributed by atoms with Crippen LogP contribution in [0, 0.1) is 0 Å². The maximum absolute atomic E-state index is 11.6. The summed E-state index contributed by atoms with van der Waals surface area (Å²) in [6, 6.07) is 3.47. The number of carbonyl (C=O) groups excluding carboxylic acids is 2. The minimum absolute atomic E-state index is 0.104. The maximum atomic E-state index is 11.6. The van der Waals surface area contributed by atoms with E-state index in [4.69, 9.17) is 0 Å². The number of carbonyl (C=O) groups is 2. The van der Waals surface area contributed by atoms with Gasteiger partial charge in [0.05, 0.1) is 23.1 Å². The van der Waals surface area contributed by atoms with E-state index in [0.717, 1.165) is 0 Å². The Morgan fingerprint density at radius 1 is 1.50 bits per heavy atom. The largest absolute Gasteiger partial charge is 0.391 e. The van der Waals surface area contributed by atoms with Crippen LogP contribution in [0.15, 0.2) is 17.5 Å². The fourth-order valence-electron chi connectivity index (χ4n) is 1.16. The van der Waals surface area contributed by atoms with Crippen molar-refractivity contribution in [3.63, 3.8) is 0 Å². The molecule has 2 amide bonds. The minimum Gasteiger partial charge on any atom is -0.391 e. The molecular weight excluding hydrogens is 252 g/mol. The molecule has 0 aliphatic rings. The first-order valence-electron chi connectivity index (χ1n) is 5.63. The highest BCUT2D eigenvalue weighted by molar-refractivity contribution is 7.12. The number of aliphatic hydroxyl groups is 1. The van der Waals surface area contributed by atoms with Crippen LogP contribution in [-0.4, -0.2) is 35.1 Å². The van der Waals surface area contributed by atoms with Crippen LogP contribution in [0.3, 0.4) is 0 Å². The van der Waals surface area contributed by atoms with Crippen LogP contribution in [-0.2, 0) is 4.79 Å². The summed E-state index contributed by atoms with van der Waals surface area (Å²) in [7, 11) is 0. The fourth-order valence-corrected chi connectivity index (χ4v) is 1.80. The number of rotatable bonds is 5. The lowest BCUT2D eigenvalue weighted by Crippen LogP contribution is -2.53. The molecule has 0 aromatic carbocycles. The molecule has 18 heavy (non-hydrogen) atoms. The zero-order valence-electron chi connectivity index (χ0n) is 10.7. The highest BCUT2D eigenvalue weighted by Crippen LogP contribution is 2.08. The van der Waals surface area contributed by atoms with Gasteiger partial charge < -0.3 is 15.7 Å². The van der Waals surface area contributed by atoms with E-state index in [9.17, 15) is 14.7 Å². The molecular formula is C12H18N2O3S. The second-order valence-corrected chi connectivity index (χ2v) is 5.55. The standard InChI is InChI=1S/C12H18N2O3S/c1-8(15)12(2,3)14-10(16)7-13-11(17)9-5-4-6-18-9/h4-6,8,15H,7H2,1-3H3,(H,13,17)(H,14,16). The maximum Gasteiger partial charge on any atom is 0.261 e. The van der Waals surface area contributed by atoms with Crippen LogP contribution in [0.2, 0.25) is 0 Å². The first-order valence-corrected chi connectivity index (χ1v) is 6.51. The van der Waals surface area contributed by atoms with Crippen molar-refractivity contribution >= 4 is 23.2 Å². The van der Waals surface area contributed by atoms with Crippen molar-refractivity contribution in [1.29, 1.82) is 0 Å². The van der Waals surface area contributed by atoms with E-state index >= 15 is 0 Å². The number of amides is 2. The van der Waals surface area contributed by atoms with Gasteiger partial charge in [-0.15, -0.1) is 11.3 Å². The van der Waals surface area contributed by atoms with E-state index in [1.165, 1.54) is 11.3 Å². The summed E-state index contributed by atoms with van der Waals surface area (Å²) in [6.07, 6.45) is -0.672. The Morgan fingerprint density at radius 3 is 2.67 bits per heavy atom. The number of hydrogen-bond donors (Lipinski definition) is 3. The number of hydrogen-bond acceptors (Lipinski definition) is 4. The lowest BCUT2D eigenvalue weighted by Gasteiger charge is -2.29. The molecule has 1 aromatic heterocycles. The fraction of sp³-hybridized carbons (Fsp3) is 0.500. The summed E-state index contributed by atoms with van der Waals surface area (Å²) in [5.41, 5.74) is -0.718. The van der Waals surface area contributed by atoms with Crippen LogP contribution >= 0.6 is 11.3 Å². The predicted molar refractivity (Wildman–Crippen MR) is 70.6 cm³/mol. The van der Waals surface area contributed by atoms with Gasteiger partial charge in [0.1, 0.15) is 0 Å². The Balaban J connectivity index is 2.40. The molecule has 100 valence electrons. The molecule has 0 spiro atoms. The first kappa shape index (κ1) is 14.7. The van der Waals surface area contributed by atoms with E-state index in [2.05, 4.69) is 10.6 Å². The van der Waals surface area contributed by atoms with E-state index in [0.29, 0.717) is 4.88 Å². The third-order valence-corrected chi connectivity index (χ3v) is 3.53. The minimum atomic E-state index is -0.718. The van der Waals surface area contributed by atoms with Gasteiger partial charge in [-0.3, -0.25) is 9.59 Å². The van der Waals surface area contributed by atoms with E-state index in [-0.39, 0.29) is 18.4 Å². The topological polar surface area (TPSA) is 78.4 Å². The average molecular weight is 270 g/mol. The van der Waals surface area contributed by atoms with Crippen LogP contribution in [0.4, 0.5) is 0 Å². The summed E-state index contributed by atoms with van der Waals surface area (Å²) in [5.74, 6) is -0.596. The Labute approximate surface area is 110 Å². The molecule has 0 aliphatic heterocycles. The summed E-state index contributed by atoms with van der Waals surface area (Å²) in [6.45, 7) is 4.94. The molecule has 1 heterocycles. The zero-order valence-corrected chi connectivity index (χ0v) is 11.5. The highest BCUT2D eigenvalue weighted by Gasteiger charge is 2.25. The zero-order chi connectivity index (χ0) is 13.8. The molecule has 0 radical (unpaired) electrons. The van der Waals surface area contributed by atoms with E-state index in [1.807, 2.05) is 0 Å². The SMILES string of the molecule is CC(O)C(C)(C)NC(=O)CNC(=O)c1cccs1. The van der Waals surface area contributed by atoms with Crippen LogP contribution in [0.25, 0.3) is 0 Å². The lowest BCUT2D eigenvalue weighted by molar-refractivity contribution is -0.123. The average Bonchev–Trinajstić information content (AvgIpc) is 2.78. The lowest BCUT2D eigenvalue weighted by atomic mass is 9.99. The first-order chi connectivity index (χ1) is 8.33. The normalized spacial score (nSPS) is 12.9. The molecule has 0 bridgehead atoms. The second-order valence-electron chi connectivity index (χ2n) is 4.61. The highest BCUT2D eigenvalue weighted by atomic mass is 32.1. The van der Waals surface area contributed by atoms with Gasteiger partial charge in [-0.05, 0) is 32.2 Å². The van der Waals surface area contributed by atoms with Crippen molar-refractivity contribution in [1.82, 2.24) is 10.6 Å². The summed E-state index contributed by atoms with van der Waals surface area (Å²) in [4.78, 5) is 23.8. The molecule has 1 atom stereocenters. The van der Waals surface area contributed by atoms with Crippen molar-refractivity contribution in [2.45, 2.75) is 32.4 Å². The molecule has 6 heteroatoms. The van der Waals surface area contributed by atoms with Crippen molar-refractivity contribution in [2.75, 3.05) is 6.54 Å². The van der Waals surface area contributed by atoms with Gasteiger partial charge in [-0.2, -0.15) is 0 Å². The summed E-state index contributed by atoms with van der Waals surface area (Å²) < 4.78 is 0. The molecule has 1 unspecified atom stereocenters. The van der Waals surface area contributed by atoms with Crippen LogP contribution in [0.5, 0.6) is 0 Å². The molecule has 1 rings (SSSR count). The van der Waals surface area contributed by atoms with Gasteiger partial charge in [0, 0.05) is 0 Å². The Hall–Kier alpha value is -1.40. The third-order valence-electron chi connectivity index (χ3n) is 2.66. The molecule has 0 saturated carbocycles. The Bertz CT molecular complexity index is 413. The quantitative estimate of drug-likeness (QED) is 0.739. The molecule has 1 aromatic rings. The third kappa shape index (κ3) is 4.12. The van der Waals surface area contributed by atoms with Crippen LogP contribution < -0.4 is 10.6 Å². The van der Waals surface area contributed by atoms with Crippen molar-refractivity contribution in [3.8, 4) is 0 Å². The van der Waals surface area contributed by atoms with Crippen molar-refractivity contribution in [3.05, 3.63) is 22.4 Å². The second kappa shape index (κ2) is 5.97. The number of aliphatic hydroxyl groups excluding tert-OH is 1. The van der Waals surface area contributed by atoms with E-state index < -0.39 is 11.6 Å². The van der Waals surface area contributed by atoms with Gasteiger partial charge in [-0.25, -0.2) is 0 Å². The summed E-state index contributed by atoms with van der Waals surface area (Å²) in [5, 5.41) is 16.4. The summed E-state index contributed by atoms with van der Waals surface area (Å²) >= 11 is 1.32. The molecule has 0 fully saturated rings. The van der Waals surface area contributed by atoms with Gasteiger partial charge in [-0.1, -0.05) is 6.07 Å². The van der Waals surface area contributed by atoms with Crippen LogP contribution in [0.1, 0.15) is 30.4 Å². The Morgan fingerprint density at radius 2 is 2.17 bits per heavy atom. The Kier molecular flexibility index (Phi) is 4.86. The molecule has 0 aliphatic carbocycles. The van der Waals surface area contributed by atoms with Crippen molar-refractivity contribution < 1.29 is 14.7 Å². The van der Waals surface area contributed by atoms with Gasteiger partial charge in [0.15, 0.2) is 0 Å². The van der Waals surface area contributed by atoms with Gasteiger partial charge in [0.25, 0.3) is 5.91 Å². The molecule has 5 nitrogen and oxygen atoms in total.